The summed E-state index contributed by atoms with van der Waals surface area (Å²) >= 11 is 0. The highest BCUT2D eigenvalue weighted by molar-refractivity contribution is 6.03. The molecule has 0 aliphatic carbocycles. The second kappa shape index (κ2) is 4.41. The van der Waals surface area contributed by atoms with Crippen molar-refractivity contribution in [1.29, 1.82) is 0 Å². The molecule has 1 unspecified atom stereocenters. The van der Waals surface area contributed by atoms with Gasteiger partial charge in [-0.2, -0.15) is 0 Å². The van der Waals surface area contributed by atoms with Gasteiger partial charge >= 0.3 is 0 Å². The molecule has 4 nitrogen and oxygen atoms in total. The van der Waals surface area contributed by atoms with Crippen LogP contribution in [0.1, 0.15) is 48.0 Å². The van der Waals surface area contributed by atoms with Gasteiger partial charge in [-0.05, 0) is 26.2 Å². The third-order valence-corrected chi connectivity index (χ3v) is 3.06. The third-order valence-electron chi connectivity index (χ3n) is 3.06. The molecule has 17 heavy (non-hydrogen) atoms. The number of carbonyl (C=O) groups excluding carboxylic acids is 2. The summed E-state index contributed by atoms with van der Waals surface area (Å²) in [7, 11) is 0. The topological polar surface area (TPSA) is 49.4 Å². The highest BCUT2D eigenvalue weighted by atomic mass is 16.2. The lowest BCUT2D eigenvalue weighted by molar-refractivity contribution is -0.140. The quantitative estimate of drug-likeness (QED) is 0.748. The van der Waals surface area contributed by atoms with Crippen LogP contribution in [0.2, 0.25) is 0 Å². The summed E-state index contributed by atoms with van der Waals surface area (Å²) in [6, 6.07) is 0. The molecule has 1 N–H and O–H groups in total. The van der Waals surface area contributed by atoms with E-state index in [0.717, 1.165) is 0 Å². The van der Waals surface area contributed by atoms with Gasteiger partial charge in [0.1, 0.15) is 0 Å². The molecule has 98 valence electrons. The summed E-state index contributed by atoms with van der Waals surface area (Å²) in [4.78, 5) is 25.3. The van der Waals surface area contributed by atoms with Crippen molar-refractivity contribution < 1.29 is 9.59 Å². The van der Waals surface area contributed by atoms with Gasteiger partial charge in [0.2, 0.25) is 11.8 Å². The molecule has 1 fully saturated rings. The molecule has 0 aromatic rings. The summed E-state index contributed by atoms with van der Waals surface area (Å²) in [6.07, 6.45) is 0.341. The molecule has 1 heterocycles. The Balaban J connectivity index is 2.70. The number of carbonyl (C=O) groups is 2. The largest absolute Gasteiger partial charge is 0.295 e. The molecule has 1 rings (SSSR count). The number of amides is 2. The highest BCUT2D eigenvalue weighted by Gasteiger charge is 2.44. The predicted octanol–water partition coefficient (Wildman–Crippen LogP) is 1.75. The van der Waals surface area contributed by atoms with Crippen LogP contribution in [0.25, 0.3) is 0 Å². The standard InChI is InChI=1S/C13H24N2O2/c1-12(2,3)9-7-10(16)15(11(9)17)8-14-13(4,5)6/h9,14H,7-8H2,1-6H3. The van der Waals surface area contributed by atoms with Crippen LogP contribution in [-0.2, 0) is 9.59 Å². The fourth-order valence-electron chi connectivity index (χ4n) is 1.84. The summed E-state index contributed by atoms with van der Waals surface area (Å²) in [5.74, 6) is -0.289. The van der Waals surface area contributed by atoms with Gasteiger partial charge in [-0.15, -0.1) is 0 Å². The van der Waals surface area contributed by atoms with Gasteiger partial charge in [0.25, 0.3) is 0 Å². The number of hydrogen-bond donors (Lipinski definition) is 1. The molecule has 0 saturated carbocycles. The van der Waals surface area contributed by atoms with Gasteiger partial charge in [-0.3, -0.25) is 19.8 Å². The summed E-state index contributed by atoms with van der Waals surface area (Å²) in [5, 5.41) is 3.18. The molecule has 0 radical (unpaired) electrons. The molecule has 0 bridgehead atoms. The van der Waals surface area contributed by atoms with Crippen LogP contribution in [0.5, 0.6) is 0 Å². The second-order valence-corrected chi connectivity index (χ2v) is 6.87. The third kappa shape index (κ3) is 3.53. The molecular weight excluding hydrogens is 216 g/mol. The SMILES string of the molecule is CC(C)(C)NCN1C(=O)CC(C(C)(C)C)C1=O. The molecule has 0 aromatic carbocycles. The molecule has 1 aliphatic rings. The number of imide groups is 1. The molecular formula is C13H24N2O2. The van der Waals surface area contributed by atoms with E-state index < -0.39 is 0 Å². The molecule has 4 heteroatoms. The molecule has 0 spiro atoms. The van der Waals surface area contributed by atoms with E-state index in [-0.39, 0.29) is 28.7 Å². The maximum atomic E-state index is 12.1. The molecule has 2 amide bonds. The average Bonchev–Trinajstić information content (AvgIpc) is 2.37. The maximum absolute atomic E-state index is 12.1. The smallest absolute Gasteiger partial charge is 0.234 e. The number of likely N-dealkylation sites (tertiary alicyclic amines) is 1. The van der Waals surface area contributed by atoms with Gasteiger partial charge < -0.3 is 0 Å². The maximum Gasteiger partial charge on any atom is 0.234 e. The van der Waals surface area contributed by atoms with Crippen molar-refractivity contribution in [2.45, 2.75) is 53.5 Å². The Hall–Kier alpha value is -0.900. The molecule has 1 saturated heterocycles. The Bertz CT molecular complexity index is 323. The predicted molar refractivity (Wildman–Crippen MR) is 67.2 cm³/mol. The summed E-state index contributed by atoms with van der Waals surface area (Å²) in [5.41, 5.74) is -0.246. The van der Waals surface area contributed by atoms with Crippen LogP contribution in [-0.4, -0.2) is 28.9 Å². The van der Waals surface area contributed by atoms with Crippen LogP contribution in [0, 0.1) is 11.3 Å². The molecule has 1 aliphatic heterocycles. The van der Waals surface area contributed by atoms with E-state index in [1.807, 2.05) is 41.5 Å². The Morgan fingerprint density at radius 3 is 2.06 bits per heavy atom. The van der Waals surface area contributed by atoms with Crippen molar-refractivity contribution in [3.8, 4) is 0 Å². The summed E-state index contributed by atoms with van der Waals surface area (Å²) in [6.45, 7) is 12.4. The summed E-state index contributed by atoms with van der Waals surface area (Å²) < 4.78 is 0. The lowest BCUT2D eigenvalue weighted by Gasteiger charge is -2.27. The van der Waals surface area contributed by atoms with E-state index in [1.54, 1.807) is 0 Å². The Labute approximate surface area is 104 Å². The number of hydrogen-bond acceptors (Lipinski definition) is 3. The van der Waals surface area contributed by atoms with Gasteiger partial charge in [-0.1, -0.05) is 20.8 Å². The van der Waals surface area contributed by atoms with E-state index in [1.165, 1.54) is 4.90 Å². The monoisotopic (exact) mass is 240 g/mol. The highest BCUT2D eigenvalue weighted by Crippen LogP contribution is 2.35. The van der Waals surface area contributed by atoms with E-state index in [4.69, 9.17) is 0 Å². The van der Waals surface area contributed by atoms with Gasteiger partial charge in [0.05, 0.1) is 12.6 Å². The molecule has 1 atom stereocenters. The fourth-order valence-corrected chi connectivity index (χ4v) is 1.84. The van der Waals surface area contributed by atoms with Crippen molar-refractivity contribution in [2.24, 2.45) is 11.3 Å². The normalized spacial score (nSPS) is 22.5. The number of nitrogens with one attached hydrogen (secondary N) is 1. The van der Waals surface area contributed by atoms with Crippen molar-refractivity contribution >= 4 is 11.8 Å². The van der Waals surface area contributed by atoms with Gasteiger partial charge in [0, 0.05) is 12.0 Å². The van der Waals surface area contributed by atoms with Crippen LogP contribution >= 0.6 is 0 Å². The minimum Gasteiger partial charge on any atom is -0.295 e. The fraction of sp³-hybridized carbons (Fsp3) is 0.846. The first-order valence-electron chi connectivity index (χ1n) is 6.11. The van der Waals surface area contributed by atoms with Crippen molar-refractivity contribution in [1.82, 2.24) is 10.2 Å². The first-order chi connectivity index (χ1) is 7.52. The zero-order valence-corrected chi connectivity index (χ0v) is 11.8. The Morgan fingerprint density at radius 2 is 1.71 bits per heavy atom. The lowest BCUT2D eigenvalue weighted by Crippen LogP contribution is -2.46. The lowest BCUT2D eigenvalue weighted by atomic mass is 9.80. The Kier molecular flexibility index (Phi) is 3.67. The van der Waals surface area contributed by atoms with E-state index in [0.29, 0.717) is 13.1 Å². The second-order valence-electron chi connectivity index (χ2n) is 6.87. The van der Waals surface area contributed by atoms with Crippen LogP contribution < -0.4 is 5.32 Å². The van der Waals surface area contributed by atoms with Crippen molar-refractivity contribution in [3.63, 3.8) is 0 Å². The number of nitrogens with zero attached hydrogens (tertiary/aromatic N) is 1. The van der Waals surface area contributed by atoms with Crippen LogP contribution in [0.15, 0.2) is 0 Å². The zero-order chi connectivity index (χ0) is 13.4. The van der Waals surface area contributed by atoms with Crippen molar-refractivity contribution in [2.75, 3.05) is 6.67 Å². The number of rotatable bonds is 2. The van der Waals surface area contributed by atoms with Crippen LogP contribution in [0.3, 0.4) is 0 Å². The van der Waals surface area contributed by atoms with Gasteiger partial charge in [-0.25, -0.2) is 0 Å². The molecule has 0 aromatic heterocycles. The average molecular weight is 240 g/mol. The van der Waals surface area contributed by atoms with Crippen LogP contribution in [0.4, 0.5) is 0 Å². The minimum atomic E-state index is -0.184. The van der Waals surface area contributed by atoms with E-state index in [2.05, 4.69) is 5.32 Å². The Morgan fingerprint density at radius 1 is 1.18 bits per heavy atom. The first kappa shape index (κ1) is 14.2. The van der Waals surface area contributed by atoms with Gasteiger partial charge in [0.15, 0.2) is 0 Å². The minimum absolute atomic E-state index is 0.0424. The van der Waals surface area contributed by atoms with E-state index >= 15 is 0 Å². The van der Waals surface area contributed by atoms with Crippen molar-refractivity contribution in [3.05, 3.63) is 0 Å². The first-order valence-corrected chi connectivity index (χ1v) is 6.11. The zero-order valence-electron chi connectivity index (χ0n) is 11.8. The van der Waals surface area contributed by atoms with E-state index in [9.17, 15) is 9.59 Å².